The minimum absolute atomic E-state index is 0.139. The number of hydrogen-bond acceptors (Lipinski definition) is 4. The van der Waals surface area contributed by atoms with Crippen LogP contribution in [-0.4, -0.2) is 31.0 Å². The first-order valence-corrected chi connectivity index (χ1v) is 5.51. The third kappa shape index (κ3) is 2.18. The van der Waals surface area contributed by atoms with E-state index in [2.05, 4.69) is 0 Å². The highest BCUT2D eigenvalue weighted by atomic mass is 32.2. The minimum Gasteiger partial charge on any atom is -0.289 e. The Hall–Kier alpha value is -0.620. The van der Waals surface area contributed by atoms with Gasteiger partial charge in [-0.3, -0.25) is 10.0 Å². The lowest BCUT2D eigenvalue weighted by molar-refractivity contribution is -0.133. The van der Waals surface area contributed by atoms with Gasteiger partial charge < -0.3 is 0 Å². The molecule has 1 aliphatic rings. The van der Waals surface area contributed by atoms with Gasteiger partial charge in [-0.05, 0) is 12.8 Å². The zero-order valence-electron chi connectivity index (χ0n) is 6.49. The fourth-order valence-corrected chi connectivity index (χ4v) is 3.03. The van der Waals surface area contributed by atoms with Gasteiger partial charge in [0, 0.05) is 0 Å². The molecule has 0 radical (unpaired) electrons. The predicted octanol–water partition coefficient (Wildman–Crippen LogP) is -0.683. The van der Waals surface area contributed by atoms with Crippen molar-refractivity contribution < 1.29 is 18.4 Å². The second kappa shape index (κ2) is 3.40. The van der Waals surface area contributed by atoms with Crippen LogP contribution in [0.4, 0.5) is 0 Å². The van der Waals surface area contributed by atoms with Gasteiger partial charge >= 0.3 is 0 Å². The van der Waals surface area contributed by atoms with Crippen LogP contribution in [0.25, 0.3) is 0 Å². The molecule has 1 atom stereocenters. The van der Waals surface area contributed by atoms with E-state index in [9.17, 15) is 13.2 Å². The molecule has 70 valence electrons. The molecular formula is C6H11NO4S. The average molecular weight is 193 g/mol. The molecule has 0 aromatic heterocycles. The molecule has 1 aliphatic heterocycles. The molecule has 0 unspecified atom stereocenters. The third-order valence-electron chi connectivity index (χ3n) is 1.94. The Balaban J connectivity index is 2.64. The highest BCUT2D eigenvalue weighted by Gasteiger charge is 2.29. The molecule has 0 aromatic carbocycles. The molecule has 1 heterocycles. The Morgan fingerprint density at radius 3 is 2.67 bits per heavy atom. The zero-order valence-corrected chi connectivity index (χ0v) is 7.30. The second-order valence-corrected chi connectivity index (χ2v) is 5.16. The predicted molar refractivity (Wildman–Crippen MR) is 41.3 cm³/mol. The van der Waals surface area contributed by atoms with E-state index in [1.165, 1.54) is 5.48 Å². The van der Waals surface area contributed by atoms with Gasteiger partial charge in [0.2, 0.25) is 5.91 Å². The van der Waals surface area contributed by atoms with Crippen molar-refractivity contribution in [2.45, 2.75) is 12.8 Å². The number of carbonyl (C=O) groups is 1. The number of rotatable bonds is 1. The summed E-state index contributed by atoms with van der Waals surface area (Å²) >= 11 is 0. The first-order chi connectivity index (χ1) is 5.55. The molecule has 0 bridgehead atoms. The molecule has 1 amide bonds. The first kappa shape index (κ1) is 9.47. The highest BCUT2D eigenvalue weighted by molar-refractivity contribution is 7.91. The molecule has 5 nitrogen and oxygen atoms in total. The molecule has 0 spiro atoms. The van der Waals surface area contributed by atoms with Crippen LogP contribution in [0.3, 0.4) is 0 Å². The molecule has 12 heavy (non-hydrogen) atoms. The van der Waals surface area contributed by atoms with Crippen molar-refractivity contribution in [1.82, 2.24) is 5.48 Å². The van der Waals surface area contributed by atoms with Gasteiger partial charge in [-0.25, -0.2) is 13.9 Å². The normalized spacial score (nSPS) is 27.9. The molecule has 0 aromatic rings. The zero-order chi connectivity index (χ0) is 9.19. The summed E-state index contributed by atoms with van der Waals surface area (Å²) < 4.78 is 22.0. The van der Waals surface area contributed by atoms with E-state index in [-0.39, 0.29) is 11.5 Å². The Kier molecular flexibility index (Phi) is 2.69. The number of nitrogens with one attached hydrogen (secondary N) is 1. The van der Waals surface area contributed by atoms with Gasteiger partial charge in [0.15, 0.2) is 9.84 Å². The van der Waals surface area contributed by atoms with Gasteiger partial charge in [0.05, 0.1) is 17.4 Å². The molecule has 2 N–H and O–H groups in total. The number of hydrogen-bond donors (Lipinski definition) is 2. The van der Waals surface area contributed by atoms with Crippen LogP contribution in [0.5, 0.6) is 0 Å². The fourth-order valence-electron chi connectivity index (χ4n) is 1.32. The summed E-state index contributed by atoms with van der Waals surface area (Å²) in [5, 5.41) is 8.26. The van der Waals surface area contributed by atoms with Gasteiger partial charge in [-0.2, -0.15) is 0 Å². The third-order valence-corrected chi connectivity index (χ3v) is 3.76. The lowest BCUT2D eigenvalue weighted by atomic mass is 10.1. The van der Waals surface area contributed by atoms with Crippen LogP contribution in [-0.2, 0) is 14.6 Å². The van der Waals surface area contributed by atoms with E-state index in [4.69, 9.17) is 5.21 Å². The van der Waals surface area contributed by atoms with Crippen LogP contribution >= 0.6 is 0 Å². The maximum Gasteiger partial charge on any atom is 0.247 e. The molecular weight excluding hydrogens is 182 g/mol. The van der Waals surface area contributed by atoms with Crippen molar-refractivity contribution in [3.63, 3.8) is 0 Å². The van der Waals surface area contributed by atoms with Crippen molar-refractivity contribution >= 4 is 15.7 Å². The average Bonchev–Trinajstić information content (AvgIpc) is 2.01. The van der Waals surface area contributed by atoms with E-state index in [0.29, 0.717) is 12.8 Å². The standard InChI is InChI=1S/C6H11NO4S/c8-6(7-9)5-2-1-3-12(10,11)4-5/h5,9H,1-4H2,(H,7,8)/t5-/m1/s1. The van der Waals surface area contributed by atoms with Crippen LogP contribution in [0, 0.1) is 5.92 Å². The Morgan fingerprint density at radius 1 is 1.50 bits per heavy atom. The van der Waals surface area contributed by atoms with Crippen molar-refractivity contribution in [3.8, 4) is 0 Å². The molecule has 6 heteroatoms. The quantitative estimate of drug-likeness (QED) is 0.427. The number of carbonyl (C=O) groups excluding carboxylic acids is 1. The number of sulfone groups is 1. The molecule has 1 rings (SSSR count). The fraction of sp³-hybridized carbons (Fsp3) is 0.833. The first-order valence-electron chi connectivity index (χ1n) is 3.69. The van der Waals surface area contributed by atoms with Crippen LogP contribution in [0.15, 0.2) is 0 Å². The van der Waals surface area contributed by atoms with E-state index < -0.39 is 21.7 Å². The minimum atomic E-state index is -3.06. The molecule has 1 fully saturated rings. The largest absolute Gasteiger partial charge is 0.289 e. The summed E-state index contributed by atoms with van der Waals surface area (Å²) in [4.78, 5) is 10.8. The lowest BCUT2D eigenvalue weighted by Crippen LogP contribution is -2.36. The van der Waals surface area contributed by atoms with Gasteiger partial charge in [-0.15, -0.1) is 0 Å². The number of hydroxylamine groups is 1. The summed E-state index contributed by atoms with van der Waals surface area (Å²) in [5.74, 6) is -1.16. The molecule has 1 saturated heterocycles. The van der Waals surface area contributed by atoms with Gasteiger partial charge in [0.1, 0.15) is 0 Å². The van der Waals surface area contributed by atoms with Crippen molar-refractivity contribution in [1.29, 1.82) is 0 Å². The number of amides is 1. The molecule has 0 saturated carbocycles. The van der Waals surface area contributed by atoms with Crippen LogP contribution < -0.4 is 5.48 Å². The van der Waals surface area contributed by atoms with Crippen LogP contribution in [0.1, 0.15) is 12.8 Å². The van der Waals surface area contributed by atoms with E-state index in [1.54, 1.807) is 0 Å². The maximum atomic E-state index is 11.0. The Morgan fingerprint density at radius 2 is 2.17 bits per heavy atom. The summed E-state index contributed by atoms with van der Waals surface area (Å²) in [6, 6.07) is 0. The van der Waals surface area contributed by atoms with E-state index in [0.717, 1.165) is 0 Å². The van der Waals surface area contributed by atoms with E-state index in [1.807, 2.05) is 0 Å². The summed E-state index contributed by atoms with van der Waals surface area (Å²) in [5.41, 5.74) is 1.47. The van der Waals surface area contributed by atoms with Crippen LogP contribution in [0.2, 0.25) is 0 Å². The smallest absolute Gasteiger partial charge is 0.247 e. The van der Waals surface area contributed by atoms with Crippen molar-refractivity contribution in [2.75, 3.05) is 11.5 Å². The van der Waals surface area contributed by atoms with Crippen molar-refractivity contribution in [3.05, 3.63) is 0 Å². The van der Waals surface area contributed by atoms with Gasteiger partial charge in [-0.1, -0.05) is 0 Å². The Labute approximate surface area is 70.6 Å². The van der Waals surface area contributed by atoms with Gasteiger partial charge in [0.25, 0.3) is 0 Å². The lowest BCUT2D eigenvalue weighted by Gasteiger charge is -2.19. The van der Waals surface area contributed by atoms with Crippen molar-refractivity contribution in [2.24, 2.45) is 5.92 Å². The monoisotopic (exact) mass is 193 g/mol. The maximum absolute atomic E-state index is 11.0. The van der Waals surface area contributed by atoms with E-state index >= 15 is 0 Å². The molecule has 0 aliphatic carbocycles. The highest BCUT2D eigenvalue weighted by Crippen LogP contribution is 2.17. The summed E-state index contributed by atoms with van der Waals surface area (Å²) in [6.45, 7) is 0. The Bertz CT molecular complexity index is 271. The second-order valence-electron chi connectivity index (χ2n) is 2.93. The summed E-state index contributed by atoms with van der Waals surface area (Å²) in [7, 11) is -3.06. The SMILES string of the molecule is O=C(NO)[C@@H]1CCCS(=O)(=O)C1. The summed E-state index contributed by atoms with van der Waals surface area (Å²) in [6.07, 6.45) is 1.03. The topological polar surface area (TPSA) is 83.5 Å².